The summed E-state index contributed by atoms with van der Waals surface area (Å²) in [6.45, 7) is 0.515. The monoisotopic (exact) mass is 320 g/mol. The lowest BCUT2D eigenvalue weighted by Gasteiger charge is -2.07. The van der Waals surface area contributed by atoms with Crippen molar-refractivity contribution < 1.29 is 9.53 Å². The van der Waals surface area contributed by atoms with Crippen molar-refractivity contribution in [3.63, 3.8) is 0 Å². The Bertz CT molecular complexity index is 753. The van der Waals surface area contributed by atoms with E-state index in [1.165, 1.54) is 11.8 Å². The Morgan fingerprint density at radius 1 is 0.783 bits per heavy atom. The van der Waals surface area contributed by atoms with Crippen LogP contribution in [0.3, 0.4) is 0 Å². The summed E-state index contributed by atoms with van der Waals surface area (Å²) in [6.07, 6.45) is 0. The highest BCUT2D eigenvalue weighted by Gasteiger charge is 2.07. The van der Waals surface area contributed by atoms with Crippen molar-refractivity contribution in [3.05, 3.63) is 96.1 Å². The number of benzene rings is 3. The van der Waals surface area contributed by atoms with Crippen LogP contribution in [0.2, 0.25) is 0 Å². The van der Waals surface area contributed by atoms with E-state index >= 15 is 0 Å². The van der Waals surface area contributed by atoms with Crippen LogP contribution in [0, 0.1) is 0 Å². The Kier molecular flexibility index (Phi) is 5.12. The first-order valence-corrected chi connectivity index (χ1v) is 8.17. The Labute approximate surface area is 140 Å². The molecule has 3 aromatic rings. The van der Waals surface area contributed by atoms with Gasteiger partial charge in [0, 0.05) is 10.5 Å². The van der Waals surface area contributed by atoms with E-state index in [1.807, 2.05) is 84.9 Å². The van der Waals surface area contributed by atoms with Gasteiger partial charge in [0.05, 0.1) is 0 Å². The van der Waals surface area contributed by atoms with Crippen molar-refractivity contribution in [2.75, 3.05) is 0 Å². The van der Waals surface area contributed by atoms with Gasteiger partial charge in [-0.1, -0.05) is 60.7 Å². The summed E-state index contributed by atoms with van der Waals surface area (Å²) >= 11 is 1.24. The number of carbonyl (C=O) groups excluding carboxylic acids is 1. The molecule has 0 aliphatic rings. The molecule has 0 aromatic heterocycles. The summed E-state index contributed by atoms with van der Waals surface area (Å²) in [7, 11) is 0. The number of ether oxygens (including phenoxy) is 1. The molecule has 0 amide bonds. The maximum absolute atomic E-state index is 12.1. The van der Waals surface area contributed by atoms with Crippen LogP contribution in [0.25, 0.3) is 0 Å². The summed E-state index contributed by atoms with van der Waals surface area (Å²) in [5.41, 5.74) is 1.79. The number of thioether (sulfide) groups is 1. The first-order valence-electron chi connectivity index (χ1n) is 7.35. The van der Waals surface area contributed by atoms with Crippen LogP contribution in [-0.2, 0) is 6.61 Å². The average Bonchev–Trinajstić information content (AvgIpc) is 2.63. The van der Waals surface area contributed by atoms with Crippen molar-refractivity contribution in [3.8, 4) is 5.75 Å². The lowest BCUT2D eigenvalue weighted by atomic mass is 10.2. The fourth-order valence-corrected chi connectivity index (χ4v) is 2.82. The largest absolute Gasteiger partial charge is 0.489 e. The van der Waals surface area contributed by atoms with E-state index in [1.54, 1.807) is 0 Å². The van der Waals surface area contributed by atoms with E-state index in [2.05, 4.69) is 0 Å². The third-order valence-electron chi connectivity index (χ3n) is 3.29. The second-order valence-electron chi connectivity index (χ2n) is 5.00. The van der Waals surface area contributed by atoms with Gasteiger partial charge in [0.15, 0.2) is 0 Å². The second-order valence-corrected chi connectivity index (χ2v) is 6.05. The van der Waals surface area contributed by atoms with Gasteiger partial charge in [0.1, 0.15) is 12.4 Å². The Morgan fingerprint density at radius 3 is 2.04 bits per heavy atom. The standard InChI is InChI=1S/C20H16O2S/c21-20(17-7-3-1-4-8-17)23-19-13-11-16(12-14-19)15-22-18-9-5-2-6-10-18/h1-14H,15H2. The minimum Gasteiger partial charge on any atom is -0.489 e. The maximum Gasteiger partial charge on any atom is 0.224 e. The van der Waals surface area contributed by atoms with E-state index in [-0.39, 0.29) is 5.12 Å². The lowest BCUT2D eigenvalue weighted by Crippen LogP contribution is -1.95. The van der Waals surface area contributed by atoms with Crippen LogP contribution < -0.4 is 4.74 Å². The van der Waals surface area contributed by atoms with Crippen molar-refractivity contribution in [2.24, 2.45) is 0 Å². The highest BCUT2D eigenvalue weighted by Crippen LogP contribution is 2.23. The predicted molar refractivity (Wildman–Crippen MR) is 93.8 cm³/mol. The third kappa shape index (κ3) is 4.47. The molecule has 0 fully saturated rings. The smallest absolute Gasteiger partial charge is 0.224 e. The van der Waals surface area contributed by atoms with Crippen molar-refractivity contribution >= 4 is 16.9 Å². The van der Waals surface area contributed by atoms with Crippen LogP contribution in [0.4, 0.5) is 0 Å². The molecule has 2 nitrogen and oxygen atoms in total. The molecule has 0 spiro atoms. The Balaban J connectivity index is 1.58. The number of hydrogen-bond donors (Lipinski definition) is 0. The molecule has 114 valence electrons. The van der Waals surface area contributed by atoms with Crippen molar-refractivity contribution in [2.45, 2.75) is 11.5 Å². The lowest BCUT2D eigenvalue weighted by molar-refractivity contribution is 0.108. The number of hydrogen-bond acceptors (Lipinski definition) is 3. The van der Waals surface area contributed by atoms with Gasteiger partial charge in [-0.05, 0) is 41.6 Å². The first kappa shape index (κ1) is 15.4. The number of carbonyl (C=O) groups is 1. The molecule has 0 atom stereocenters. The summed E-state index contributed by atoms with van der Waals surface area (Å²) in [5.74, 6) is 0.852. The predicted octanol–water partition coefficient (Wildman–Crippen LogP) is 5.20. The maximum atomic E-state index is 12.1. The molecule has 0 saturated carbocycles. The van der Waals surface area contributed by atoms with Gasteiger partial charge in [-0.3, -0.25) is 4.79 Å². The third-order valence-corrected chi connectivity index (χ3v) is 4.22. The molecule has 0 unspecified atom stereocenters. The zero-order valence-electron chi connectivity index (χ0n) is 12.5. The molecular weight excluding hydrogens is 304 g/mol. The quantitative estimate of drug-likeness (QED) is 0.605. The molecule has 0 N–H and O–H groups in total. The molecule has 0 radical (unpaired) electrons. The fraction of sp³-hybridized carbons (Fsp3) is 0.0500. The van der Waals surface area contributed by atoms with Crippen LogP contribution in [0.1, 0.15) is 15.9 Å². The van der Waals surface area contributed by atoms with E-state index in [0.717, 1.165) is 16.2 Å². The molecule has 3 aromatic carbocycles. The summed E-state index contributed by atoms with van der Waals surface area (Å²) < 4.78 is 5.71. The molecule has 23 heavy (non-hydrogen) atoms. The van der Waals surface area contributed by atoms with Crippen molar-refractivity contribution in [1.82, 2.24) is 0 Å². The SMILES string of the molecule is O=C(Sc1ccc(COc2ccccc2)cc1)c1ccccc1. The number of para-hydroxylation sites is 1. The van der Waals surface area contributed by atoms with Crippen LogP contribution in [0.5, 0.6) is 5.75 Å². The first-order chi connectivity index (χ1) is 11.3. The van der Waals surface area contributed by atoms with Gasteiger partial charge >= 0.3 is 0 Å². The van der Waals surface area contributed by atoms with Gasteiger partial charge < -0.3 is 4.74 Å². The minimum atomic E-state index is 0.0545. The topological polar surface area (TPSA) is 26.3 Å². The molecule has 3 rings (SSSR count). The Morgan fingerprint density at radius 2 is 1.39 bits per heavy atom. The van der Waals surface area contributed by atoms with Gasteiger partial charge in [-0.2, -0.15) is 0 Å². The molecular formula is C20H16O2S. The molecule has 3 heteroatoms. The molecule has 0 saturated heterocycles. The second kappa shape index (κ2) is 7.65. The van der Waals surface area contributed by atoms with E-state index < -0.39 is 0 Å². The Hall–Kier alpha value is -2.52. The zero-order valence-corrected chi connectivity index (χ0v) is 13.3. The van der Waals surface area contributed by atoms with Gasteiger partial charge in [-0.25, -0.2) is 0 Å². The zero-order chi connectivity index (χ0) is 15.9. The van der Waals surface area contributed by atoms with Gasteiger partial charge in [0.2, 0.25) is 5.12 Å². The summed E-state index contributed by atoms with van der Waals surface area (Å²) in [4.78, 5) is 13.1. The molecule has 0 heterocycles. The normalized spacial score (nSPS) is 10.3. The van der Waals surface area contributed by atoms with Gasteiger partial charge in [-0.15, -0.1) is 0 Å². The van der Waals surface area contributed by atoms with Crippen molar-refractivity contribution in [1.29, 1.82) is 0 Å². The highest BCUT2D eigenvalue weighted by molar-refractivity contribution is 8.14. The molecule has 0 aliphatic heterocycles. The molecule has 0 aliphatic carbocycles. The van der Waals surface area contributed by atoms with E-state index in [4.69, 9.17) is 4.74 Å². The van der Waals surface area contributed by atoms with Gasteiger partial charge in [0.25, 0.3) is 0 Å². The van der Waals surface area contributed by atoms with E-state index in [9.17, 15) is 4.79 Å². The minimum absolute atomic E-state index is 0.0545. The van der Waals surface area contributed by atoms with Crippen LogP contribution >= 0.6 is 11.8 Å². The summed E-state index contributed by atoms with van der Waals surface area (Å²) in [5, 5.41) is 0.0545. The molecule has 0 bridgehead atoms. The number of rotatable bonds is 5. The van der Waals surface area contributed by atoms with E-state index in [0.29, 0.717) is 12.2 Å². The van der Waals surface area contributed by atoms with Crippen LogP contribution in [0.15, 0.2) is 89.8 Å². The highest BCUT2D eigenvalue weighted by atomic mass is 32.2. The average molecular weight is 320 g/mol. The summed E-state index contributed by atoms with van der Waals surface area (Å²) in [6, 6.07) is 26.9. The van der Waals surface area contributed by atoms with Crippen LogP contribution in [-0.4, -0.2) is 5.12 Å². The fourth-order valence-electron chi connectivity index (χ4n) is 2.08.